The van der Waals surface area contributed by atoms with Crippen molar-refractivity contribution in [2.24, 2.45) is 0 Å². The van der Waals surface area contributed by atoms with E-state index in [1.54, 1.807) is 11.8 Å². The zero-order valence-corrected chi connectivity index (χ0v) is 6.39. The molecule has 1 aliphatic rings. The van der Waals surface area contributed by atoms with Crippen LogP contribution in [0.1, 0.15) is 12.8 Å². The van der Waals surface area contributed by atoms with Crippen LogP contribution in [0.25, 0.3) is 0 Å². The van der Waals surface area contributed by atoms with Gasteiger partial charge in [0.1, 0.15) is 5.60 Å². The molecule has 0 spiro atoms. The lowest BCUT2D eigenvalue weighted by Gasteiger charge is -2.31. The van der Waals surface area contributed by atoms with Crippen LogP contribution in [0.2, 0.25) is 0 Å². The lowest BCUT2D eigenvalue weighted by molar-refractivity contribution is -0.0996. The Labute approximate surface area is 64.1 Å². The van der Waals surface area contributed by atoms with Gasteiger partial charge >= 0.3 is 0 Å². The molecule has 0 unspecified atom stereocenters. The van der Waals surface area contributed by atoms with Crippen molar-refractivity contribution in [3.63, 3.8) is 0 Å². The first kappa shape index (κ1) is 8.33. The maximum absolute atomic E-state index is 9.40. The van der Waals surface area contributed by atoms with Gasteiger partial charge in [-0.3, -0.25) is 0 Å². The fraction of sp³-hybridized carbons (Fsp3) is 0.833. The molecule has 0 saturated carbocycles. The molecule has 0 aromatic carbocycles. The first-order chi connectivity index (χ1) is 4.65. The molecule has 3 N–H and O–H groups in total. The SMILES string of the molecule is O[C](O)C1(O)CCSCC1. The third-order valence-corrected chi connectivity index (χ3v) is 2.72. The molecule has 1 saturated heterocycles. The standard InChI is InChI=1S/C6H11O3S/c7-5(8)6(9)1-3-10-4-2-6/h7-9H,1-4H2. The number of rotatable bonds is 1. The van der Waals surface area contributed by atoms with Gasteiger partial charge in [-0.2, -0.15) is 11.8 Å². The summed E-state index contributed by atoms with van der Waals surface area (Å²) >= 11 is 1.72. The third-order valence-electron chi connectivity index (χ3n) is 1.74. The van der Waals surface area contributed by atoms with Gasteiger partial charge in [0, 0.05) is 0 Å². The minimum absolute atomic E-state index is 0.444. The Bertz CT molecular complexity index is 110. The van der Waals surface area contributed by atoms with E-state index in [1.165, 1.54) is 0 Å². The zero-order valence-electron chi connectivity index (χ0n) is 5.58. The van der Waals surface area contributed by atoms with Crippen LogP contribution < -0.4 is 0 Å². The quantitative estimate of drug-likeness (QED) is 0.526. The molecule has 0 bridgehead atoms. The van der Waals surface area contributed by atoms with E-state index in [2.05, 4.69) is 0 Å². The summed E-state index contributed by atoms with van der Waals surface area (Å²) < 4.78 is 0. The second-order valence-corrected chi connectivity index (χ2v) is 3.69. The van der Waals surface area contributed by atoms with Crippen molar-refractivity contribution in [1.29, 1.82) is 0 Å². The lowest BCUT2D eigenvalue weighted by atomic mass is 9.96. The van der Waals surface area contributed by atoms with Gasteiger partial charge in [0.05, 0.1) is 0 Å². The van der Waals surface area contributed by atoms with Crippen molar-refractivity contribution >= 4 is 11.8 Å². The molecule has 1 radical (unpaired) electrons. The molecule has 1 heterocycles. The topological polar surface area (TPSA) is 60.7 Å². The molecule has 0 aromatic rings. The van der Waals surface area contributed by atoms with Crippen molar-refractivity contribution in [2.75, 3.05) is 11.5 Å². The molecule has 3 nitrogen and oxygen atoms in total. The molecule has 1 aliphatic heterocycles. The minimum atomic E-state index is -1.31. The summed E-state index contributed by atoms with van der Waals surface area (Å²) in [4.78, 5) is 0. The van der Waals surface area contributed by atoms with Crippen molar-refractivity contribution in [3.8, 4) is 0 Å². The third kappa shape index (κ3) is 1.63. The van der Waals surface area contributed by atoms with Gasteiger partial charge in [0.25, 0.3) is 6.29 Å². The minimum Gasteiger partial charge on any atom is -0.384 e. The Hall–Kier alpha value is 0.230. The summed E-state index contributed by atoms with van der Waals surface area (Å²) in [5.74, 6) is 1.59. The van der Waals surface area contributed by atoms with E-state index in [0.717, 1.165) is 11.5 Å². The smallest absolute Gasteiger partial charge is 0.251 e. The number of aliphatic hydroxyl groups excluding tert-OH is 1. The molecule has 4 heteroatoms. The Morgan fingerprint density at radius 3 is 2.00 bits per heavy atom. The molecule has 10 heavy (non-hydrogen) atoms. The fourth-order valence-corrected chi connectivity index (χ4v) is 2.10. The highest BCUT2D eigenvalue weighted by atomic mass is 32.2. The summed E-state index contributed by atoms with van der Waals surface area (Å²) in [6, 6.07) is 0. The summed E-state index contributed by atoms with van der Waals surface area (Å²) in [6.07, 6.45) is 0.0628. The molecule has 0 atom stereocenters. The Morgan fingerprint density at radius 1 is 1.20 bits per heavy atom. The zero-order chi connectivity index (χ0) is 7.61. The molecule has 0 amide bonds. The van der Waals surface area contributed by atoms with Gasteiger partial charge in [0.15, 0.2) is 0 Å². The van der Waals surface area contributed by atoms with E-state index in [1.807, 2.05) is 0 Å². The Kier molecular flexibility index (Phi) is 2.57. The maximum Gasteiger partial charge on any atom is 0.251 e. The summed E-state index contributed by atoms with van der Waals surface area (Å²) in [6.45, 7) is 0. The van der Waals surface area contributed by atoms with E-state index in [-0.39, 0.29) is 0 Å². The van der Waals surface area contributed by atoms with Crippen molar-refractivity contribution in [3.05, 3.63) is 6.29 Å². The van der Waals surface area contributed by atoms with E-state index in [4.69, 9.17) is 10.2 Å². The number of thioether (sulfide) groups is 1. The summed E-state index contributed by atoms with van der Waals surface area (Å²) in [5, 5.41) is 26.7. The molecule has 59 valence electrons. The number of hydrogen-bond acceptors (Lipinski definition) is 4. The van der Waals surface area contributed by atoms with Crippen LogP contribution in [0.4, 0.5) is 0 Å². The predicted octanol–water partition coefficient (Wildman–Crippen LogP) is 0.479. The lowest BCUT2D eigenvalue weighted by Crippen LogP contribution is -2.39. The average molecular weight is 163 g/mol. The predicted molar refractivity (Wildman–Crippen MR) is 38.6 cm³/mol. The largest absolute Gasteiger partial charge is 0.384 e. The van der Waals surface area contributed by atoms with Gasteiger partial charge < -0.3 is 15.3 Å². The fourth-order valence-electron chi connectivity index (χ4n) is 0.933. The highest BCUT2D eigenvalue weighted by molar-refractivity contribution is 7.99. The van der Waals surface area contributed by atoms with Crippen LogP contribution in [0.15, 0.2) is 0 Å². The number of aliphatic hydroxyl groups is 3. The molecule has 1 rings (SSSR count). The summed E-state index contributed by atoms with van der Waals surface area (Å²) in [7, 11) is 0. The van der Waals surface area contributed by atoms with Crippen molar-refractivity contribution < 1.29 is 15.3 Å². The molecular formula is C6H11O3S. The second-order valence-electron chi connectivity index (χ2n) is 2.47. The second kappa shape index (κ2) is 3.09. The van der Waals surface area contributed by atoms with Crippen LogP contribution in [0.3, 0.4) is 0 Å². The van der Waals surface area contributed by atoms with E-state index < -0.39 is 11.9 Å². The van der Waals surface area contributed by atoms with Crippen molar-refractivity contribution in [2.45, 2.75) is 18.4 Å². The van der Waals surface area contributed by atoms with Gasteiger partial charge in [-0.15, -0.1) is 0 Å². The summed E-state index contributed by atoms with van der Waals surface area (Å²) in [5.41, 5.74) is -1.31. The van der Waals surface area contributed by atoms with Crippen molar-refractivity contribution in [1.82, 2.24) is 0 Å². The average Bonchev–Trinajstić information content (AvgIpc) is 1.89. The van der Waals surface area contributed by atoms with E-state index in [9.17, 15) is 5.11 Å². The van der Waals surface area contributed by atoms with Gasteiger partial charge in [0.2, 0.25) is 0 Å². The number of hydrogen-bond donors (Lipinski definition) is 3. The van der Waals surface area contributed by atoms with Gasteiger partial charge in [-0.05, 0) is 24.3 Å². The molecule has 1 fully saturated rings. The first-order valence-corrected chi connectivity index (χ1v) is 4.36. The van der Waals surface area contributed by atoms with Crippen LogP contribution in [0.5, 0.6) is 0 Å². The van der Waals surface area contributed by atoms with Crippen LogP contribution >= 0.6 is 11.8 Å². The van der Waals surface area contributed by atoms with E-state index in [0.29, 0.717) is 12.8 Å². The highest BCUT2D eigenvalue weighted by Gasteiger charge is 2.37. The Balaban J connectivity index is 2.48. The van der Waals surface area contributed by atoms with Gasteiger partial charge in [-0.25, -0.2) is 0 Å². The molecule has 0 aromatic heterocycles. The first-order valence-electron chi connectivity index (χ1n) is 3.21. The van der Waals surface area contributed by atoms with E-state index >= 15 is 0 Å². The Morgan fingerprint density at radius 2 is 1.70 bits per heavy atom. The van der Waals surface area contributed by atoms with Crippen LogP contribution in [-0.4, -0.2) is 32.4 Å². The monoisotopic (exact) mass is 163 g/mol. The molecule has 0 aliphatic carbocycles. The van der Waals surface area contributed by atoms with Crippen LogP contribution in [-0.2, 0) is 0 Å². The highest BCUT2D eigenvalue weighted by Crippen LogP contribution is 2.31. The van der Waals surface area contributed by atoms with Crippen LogP contribution in [0, 0.1) is 6.29 Å². The maximum atomic E-state index is 9.40. The van der Waals surface area contributed by atoms with Gasteiger partial charge in [-0.1, -0.05) is 0 Å². The molecular weight excluding hydrogens is 152 g/mol. The normalized spacial score (nSPS) is 25.2.